The van der Waals surface area contributed by atoms with Gasteiger partial charge in [-0.05, 0) is 19.1 Å². The van der Waals surface area contributed by atoms with Crippen molar-refractivity contribution in [2.45, 2.75) is 13.5 Å². The highest BCUT2D eigenvalue weighted by Gasteiger charge is 2.13. The van der Waals surface area contributed by atoms with Gasteiger partial charge in [0.2, 0.25) is 0 Å². The predicted octanol–water partition coefficient (Wildman–Crippen LogP) is 2.09. The van der Waals surface area contributed by atoms with Crippen molar-refractivity contribution in [3.63, 3.8) is 0 Å². The minimum absolute atomic E-state index is 0.0671. The number of halogens is 1. The number of anilines is 1. The molecule has 112 valence electrons. The molecule has 0 fully saturated rings. The Balaban J connectivity index is 1.85. The largest absolute Gasteiger partial charge is 0.482 e. The molecule has 0 bridgehead atoms. The van der Waals surface area contributed by atoms with E-state index in [-0.39, 0.29) is 13.2 Å². The molecular formula is C14H16ClN3O3. The number of ether oxygens (including phenoxy) is 2. The van der Waals surface area contributed by atoms with Crippen molar-refractivity contribution < 1.29 is 14.3 Å². The maximum Gasteiger partial charge on any atom is 0.344 e. The highest BCUT2D eigenvalue weighted by atomic mass is 35.5. The Morgan fingerprint density at radius 3 is 2.86 bits per heavy atom. The quantitative estimate of drug-likeness (QED) is 0.676. The molecule has 0 radical (unpaired) electrons. The Kier molecular flexibility index (Phi) is 4.70. The number of nitrogens with zero attached hydrogens (tertiary/aromatic N) is 2. The van der Waals surface area contributed by atoms with Crippen LogP contribution in [0.3, 0.4) is 0 Å². The lowest BCUT2D eigenvalue weighted by molar-refractivity contribution is -0.147. The van der Waals surface area contributed by atoms with Crippen molar-refractivity contribution in [1.82, 2.24) is 9.78 Å². The number of nitrogen functional groups attached to an aromatic ring is 1. The average molecular weight is 310 g/mol. The topological polar surface area (TPSA) is 79.4 Å². The molecule has 0 aliphatic rings. The van der Waals surface area contributed by atoms with Crippen molar-refractivity contribution in [1.29, 1.82) is 0 Å². The number of aryl methyl sites for hydroxylation is 2. The highest BCUT2D eigenvalue weighted by Crippen LogP contribution is 2.19. The van der Waals surface area contributed by atoms with Gasteiger partial charge in [-0.3, -0.25) is 4.68 Å². The average Bonchev–Trinajstić information content (AvgIpc) is 2.68. The Morgan fingerprint density at radius 1 is 1.48 bits per heavy atom. The summed E-state index contributed by atoms with van der Waals surface area (Å²) >= 11 is 6.05. The lowest BCUT2D eigenvalue weighted by Crippen LogP contribution is -2.15. The van der Waals surface area contributed by atoms with Crippen LogP contribution in [0.5, 0.6) is 5.75 Å². The van der Waals surface area contributed by atoms with E-state index in [1.807, 2.05) is 0 Å². The Hall–Kier alpha value is -2.21. The monoisotopic (exact) mass is 309 g/mol. The summed E-state index contributed by atoms with van der Waals surface area (Å²) in [5.74, 6) is 0.0271. The van der Waals surface area contributed by atoms with Gasteiger partial charge in [-0.15, -0.1) is 0 Å². The zero-order chi connectivity index (χ0) is 15.4. The minimum atomic E-state index is -0.489. The third-order valence-electron chi connectivity index (χ3n) is 2.86. The van der Waals surface area contributed by atoms with E-state index in [0.29, 0.717) is 22.2 Å². The molecule has 0 saturated heterocycles. The summed E-state index contributed by atoms with van der Waals surface area (Å²) in [6.07, 6.45) is 0. The van der Waals surface area contributed by atoms with Crippen LogP contribution >= 0.6 is 11.6 Å². The fourth-order valence-corrected chi connectivity index (χ4v) is 2.01. The number of esters is 1. The number of carbonyl (C=O) groups excluding carboxylic acids is 1. The Morgan fingerprint density at radius 2 is 2.24 bits per heavy atom. The lowest BCUT2D eigenvalue weighted by atomic mass is 10.3. The van der Waals surface area contributed by atoms with Crippen LogP contribution in [0.4, 0.5) is 5.69 Å². The molecule has 0 atom stereocenters. The van der Waals surface area contributed by atoms with Crippen molar-refractivity contribution in [3.8, 4) is 5.75 Å². The molecular weight excluding hydrogens is 294 g/mol. The number of hydrogen-bond acceptors (Lipinski definition) is 5. The van der Waals surface area contributed by atoms with E-state index in [9.17, 15) is 4.79 Å². The Bertz CT molecular complexity index is 655. The molecule has 1 heterocycles. The van der Waals surface area contributed by atoms with Crippen LogP contribution in [0, 0.1) is 6.92 Å². The summed E-state index contributed by atoms with van der Waals surface area (Å²) in [5.41, 5.74) is 7.60. The molecule has 2 N–H and O–H groups in total. The van der Waals surface area contributed by atoms with Crippen molar-refractivity contribution in [3.05, 3.63) is 40.7 Å². The SMILES string of the molecule is Cc1nn(C)c(Cl)c1COC(=O)COc1cccc(N)c1. The van der Waals surface area contributed by atoms with Gasteiger partial charge in [-0.1, -0.05) is 17.7 Å². The second kappa shape index (κ2) is 6.49. The van der Waals surface area contributed by atoms with Gasteiger partial charge < -0.3 is 15.2 Å². The first-order chi connectivity index (χ1) is 9.97. The molecule has 0 saturated carbocycles. The summed E-state index contributed by atoms with van der Waals surface area (Å²) in [5, 5.41) is 4.60. The summed E-state index contributed by atoms with van der Waals surface area (Å²) in [4.78, 5) is 11.7. The summed E-state index contributed by atoms with van der Waals surface area (Å²) in [6.45, 7) is 1.68. The molecule has 6 nitrogen and oxygen atoms in total. The molecule has 0 unspecified atom stereocenters. The minimum Gasteiger partial charge on any atom is -0.482 e. The number of rotatable bonds is 5. The van der Waals surface area contributed by atoms with E-state index in [1.54, 1.807) is 38.2 Å². The highest BCUT2D eigenvalue weighted by molar-refractivity contribution is 6.30. The Labute approximate surface area is 127 Å². The maximum absolute atomic E-state index is 11.7. The molecule has 1 aromatic heterocycles. The number of nitrogens with two attached hydrogens (primary N) is 1. The van der Waals surface area contributed by atoms with Gasteiger partial charge in [0.25, 0.3) is 0 Å². The predicted molar refractivity (Wildman–Crippen MR) is 79.1 cm³/mol. The van der Waals surface area contributed by atoms with Gasteiger partial charge in [-0.2, -0.15) is 5.10 Å². The molecule has 0 aliphatic heterocycles. The van der Waals surface area contributed by atoms with Crippen LogP contribution < -0.4 is 10.5 Å². The fraction of sp³-hybridized carbons (Fsp3) is 0.286. The van der Waals surface area contributed by atoms with Crippen LogP contribution in [0.15, 0.2) is 24.3 Å². The van der Waals surface area contributed by atoms with Gasteiger partial charge in [0.15, 0.2) is 6.61 Å². The second-order valence-corrected chi connectivity index (χ2v) is 4.86. The van der Waals surface area contributed by atoms with Gasteiger partial charge in [-0.25, -0.2) is 4.79 Å². The van der Waals surface area contributed by atoms with Crippen molar-refractivity contribution >= 4 is 23.3 Å². The zero-order valence-electron chi connectivity index (χ0n) is 11.8. The first-order valence-electron chi connectivity index (χ1n) is 6.29. The third-order valence-corrected chi connectivity index (χ3v) is 3.33. The molecule has 2 rings (SSSR count). The van der Waals surface area contributed by atoms with Gasteiger partial charge in [0.1, 0.15) is 17.5 Å². The molecule has 0 spiro atoms. The third kappa shape index (κ3) is 3.88. The first-order valence-corrected chi connectivity index (χ1v) is 6.67. The lowest BCUT2D eigenvalue weighted by Gasteiger charge is -2.07. The van der Waals surface area contributed by atoms with E-state index in [4.69, 9.17) is 26.8 Å². The molecule has 2 aromatic rings. The summed E-state index contributed by atoms with van der Waals surface area (Å²) in [6, 6.07) is 6.83. The van der Waals surface area contributed by atoms with Crippen LogP contribution in [-0.4, -0.2) is 22.4 Å². The smallest absolute Gasteiger partial charge is 0.344 e. The van der Waals surface area contributed by atoms with Crippen LogP contribution in [0.2, 0.25) is 5.15 Å². The van der Waals surface area contributed by atoms with Gasteiger partial charge >= 0.3 is 5.97 Å². The molecule has 7 heteroatoms. The van der Waals surface area contributed by atoms with Gasteiger partial charge in [0.05, 0.1) is 5.69 Å². The number of benzene rings is 1. The molecule has 1 aromatic carbocycles. The maximum atomic E-state index is 11.7. The number of hydrogen-bond donors (Lipinski definition) is 1. The van der Waals surface area contributed by atoms with Gasteiger partial charge in [0, 0.05) is 24.4 Å². The van der Waals surface area contributed by atoms with E-state index in [1.165, 1.54) is 4.68 Å². The second-order valence-electron chi connectivity index (χ2n) is 4.50. The van der Waals surface area contributed by atoms with Crippen LogP contribution in [0.25, 0.3) is 0 Å². The first kappa shape index (κ1) is 15.2. The summed E-state index contributed by atoms with van der Waals surface area (Å²) in [7, 11) is 1.73. The van der Waals surface area contributed by atoms with Crippen LogP contribution in [0.1, 0.15) is 11.3 Å². The number of carbonyl (C=O) groups is 1. The van der Waals surface area contributed by atoms with E-state index in [0.717, 1.165) is 5.69 Å². The van der Waals surface area contributed by atoms with E-state index in [2.05, 4.69) is 5.10 Å². The fourth-order valence-electron chi connectivity index (χ4n) is 1.78. The normalized spacial score (nSPS) is 10.4. The molecule has 0 aliphatic carbocycles. The van der Waals surface area contributed by atoms with Crippen molar-refractivity contribution in [2.75, 3.05) is 12.3 Å². The molecule has 0 amide bonds. The van der Waals surface area contributed by atoms with E-state index < -0.39 is 5.97 Å². The molecule has 21 heavy (non-hydrogen) atoms. The van der Waals surface area contributed by atoms with Crippen LogP contribution in [-0.2, 0) is 23.2 Å². The summed E-state index contributed by atoms with van der Waals surface area (Å²) < 4.78 is 11.9. The van der Waals surface area contributed by atoms with Crippen molar-refractivity contribution in [2.24, 2.45) is 7.05 Å². The van der Waals surface area contributed by atoms with E-state index >= 15 is 0 Å². The standard InChI is InChI=1S/C14H16ClN3O3/c1-9-12(14(15)18(2)17-9)7-21-13(19)8-20-11-5-3-4-10(16)6-11/h3-6H,7-8,16H2,1-2H3. The zero-order valence-corrected chi connectivity index (χ0v) is 12.6. The number of aromatic nitrogens is 2.